The lowest BCUT2D eigenvalue weighted by atomic mass is 9.93. The van der Waals surface area contributed by atoms with E-state index in [1.807, 2.05) is 25.1 Å². The Bertz CT molecular complexity index is 294. The monoisotopic (exact) mass is 214 g/mol. The van der Waals surface area contributed by atoms with Crippen molar-refractivity contribution in [1.29, 1.82) is 0 Å². The molecule has 0 fully saturated rings. The molecule has 0 aliphatic heterocycles. The first-order valence-electron chi connectivity index (χ1n) is 3.54. The number of halogens is 1. The maximum atomic E-state index is 5.97. The second-order valence-corrected chi connectivity index (χ2v) is 5.90. The molecule has 0 nitrogen and oxygen atoms in total. The SMILES string of the molecule is [B]C(P)(P)c1cc(C)ccc1Cl. The van der Waals surface area contributed by atoms with Crippen molar-refractivity contribution >= 4 is 37.9 Å². The summed E-state index contributed by atoms with van der Waals surface area (Å²) in [6.45, 7) is 2.01. The zero-order valence-electron chi connectivity index (χ0n) is 6.84. The van der Waals surface area contributed by atoms with E-state index in [1.165, 1.54) is 0 Å². The Morgan fingerprint density at radius 1 is 1.42 bits per heavy atom. The molecule has 2 unspecified atom stereocenters. The van der Waals surface area contributed by atoms with Gasteiger partial charge in [0.1, 0.15) is 0 Å². The molecule has 2 atom stereocenters. The standard InChI is InChI=1S/C8H10BClP2/c1-5-2-3-7(10)6(4-5)8(9,11)12/h2-4H,11-12H2,1H3. The molecule has 0 bridgehead atoms. The largest absolute Gasteiger partial charge is 0.132 e. The lowest BCUT2D eigenvalue weighted by Crippen LogP contribution is -2.08. The summed E-state index contributed by atoms with van der Waals surface area (Å²) in [5.41, 5.74) is 2.09. The average Bonchev–Trinajstić information content (AvgIpc) is 1.92. The van der Waals surface area contributed by atoms with Gasteiger partial charge < -0.3 is 0 Å². The van der Waals surface area contributed by atoms with Crippen molar-refractivity contribution in [3.05, 3.63) is 34.3 Å². The molecule has 1 aromatic rings. The van der Waals surface area contributed by atoms with Gasteiger partial charge >= 0.3 is 0 Å². The van der Waals surface area contributed by atoms with Crippen LogP contribution in [0.3, 0.4) is 0 Å². The van der Waals surface area contributed by atoms with Crippen LogP contribution in [0.1, 0.15) is 11.1 Å². The van der Waals surface area contributed by atoms with Gasteiger partial charge in [-0.2, -0.15) is 0 Å². The molecule has 0 aliphatic rings. The van der Waals surface area contributed by atoms with Crippen molar-refractivity contribution in [2.45, 2.75) is 11.7 Å². The van der Waals surface area contributed by atoms with Crippen LogP contribution in [0.15, 0.2) is 18.2 Å². The molecule has 0 aliphatic carbocycles. The maximum Gasteiger partial charge on any atom is 0.0925 e. The summed E-state index contributed by atoms with van der Waals surface area (Å²) in [5, 5.41) is 0.702. The summed E-state index contributed by atoms with van der Waals surface area (Å²) in [6, 6.07) is 5.82. The van der Waals surface area contributed by atoms with E-state index in [4.69, 9.17) is 19.4 Å². The highest BCUT2D eigenvalue weighted by Crippen LogP contribution is 2.39. The van der Waals surface area contributed by atoms with E-state index in [-0.39, 0.29) is 0 Å². The van der Waals surface area contributed by atoms with E-state index in [1.54, 1.807) is 0 Å². The zero-order valence-corrected chi connectivity index (χ0v) is 9.91. The highest BCUT2D eigenvalue weighted by atomic mass is 35.5. The number of rotatable bonds is 1. The van der Waals surface area contributed by atoms with Crippen LogP contribution in [0.25, 0.3) is 0 Å². The zero-order chi connectivity index (χ0) is 9.35. The van der Waals surface area contributed by atoms with E-state index in [0.29, 0.717) is 5.02 Å². The fourth-order valence-electron chi connectivity index (χ4n) is 0.971. The molecule has 1 aromatic carbocycles. The molecule has 4 heteroatoms. The Kier molecular flexibility index (Phi) is 3.21. The first-order valence-corrected chi connectivity index (χ1v) is 5.08. The first kappa shape index (κ1) is 10.5. The van der Waals surface area contributed by atoms with E-state index < -0.39 is 4.80 Å². The second-order valence-electron chi connectivity index (χ2n) is 2.92. The molecular weight excluding hydrogens is 204 g/mol. The minimum atomic E-state index is -0.525. The molecule has 0 N–H and O–H groups in total. The molecule has 62 valence electrons. The third-order valence-corrected chi connectivity index (χ3v) is 2.54. The number of hydrogen-bond acceptors (Lipinski definition) is 0. The second kappa shape index (κ2) is 3.66. The molecule has 0 amide bonds. The minimum absolute atomic E-state index is 0.525. The van der Waals surface area contributed by atoms with E-state index in [9.17, 15) is 0 Å². The molecule has 2 radical (unpaired) electrons. The van der Waals surface area contributed by atoms with Gasteiger partial charge in [-0.3, -0.25) is 0 Å². The molecular formula is C8H10BClP2. The predicted octanol–water partition coefficient (Wildman–Crippen LogP) is 2.68. The van der Waals surface area contributed by atoms with Gasteiger partial charge in [0.2, 0.25) is 0 Å². The molecule has 0 heterocycles. The smallest absolute Gasteiger partial charge is 0.0925 e. The lowest BCUT2D eigenvalue weighted by molar-refractivity contribution is 1.26. The number of hydrogen-bond donors (Lipinski definition) is 0. The van der Waals surface area contributed by atoms with Crippen molar-refractivity contribution in [2.24, 2.45) is 0 Å². The van der Waals surface area contributed by atoms with Gasteiger partial charge in [0.05, 0.1) is 7.85 Å². The third kappa shape index (κ3) is 2.46. The quantitative estimate of drug-likeness (QED) is 0.498. The summed E-state index contributed by atoms with van der Waals surface area (Å²) in [7, 11) is 11.0. The Morgan fingerprint density at radius 3 is 2.42 bits per heavy atom. The summed E-state index contributed by atoms with van der Waals surface area (Å²) in [6.07, 6.45) is 0. The Balaban J connectivity index is 3.23. The predicted molar refractivity (Wildman–Crippen MR) is 63.0 cm³/mol. The Morgan fingerprint density at radius 2 is 2.00 bits per heavy atom. The summed E-state index contributed by atoms with van der Waals surface area (Å²) in [4.78, 5) is -0.525. The van der Waals surface area contributed by atoms with Crippen LogP contribution in [0.4, 0.5) is 0 Å². The van der Waals surface area contributed by atoms with Crippen LogP contribution < -0.4 is 0 Å². The normalized spacial score (nSPS) is 11.7. The molecule has 0 saturated carbocycles. The molecule has 0 aromatic heterocycles. The number of aryl methyl sites for hydroxylation is 1. The maximum absolute atomic E-state index is 5.97. The first-order chi connectivity index (χ1) is 5.41. The fraction of sp³-hybridized carbons (Fsp3) is 0.250. The number of benzene rings is 1. The summed E-state index contributed by atoms with van der Waals surface area (Å²) >= 11 is 5.97. The third-order valence-electron chi connectivity index (χ3n) is 1.59. The molecule has 1 rings (SSSR count). The highest BCUT2D eigenvalue weighted by Gasteiger charge is 2.16. The van der Waals surface area contributed by atoms with Crippen LogP contribution in [0, 0.1) is 6.92 Å². The molecule has 0 spiro atoms. The van der Waals surface area contributed by atoms with Crippen molar-refractivity contribution in [3.63, 3.8) is 0 Å². The van der Waals surface area contributed by atoms with Crippen LogP contribution >= 0.6 is 30.1 Å². The topological polar surface area (TPSA) is 0 Å². The van der Waals surface area contributed by atoms with Crippen LogP contribution in [0.2, 0.25) is 5.02 Å². The summed E-state index contributed by atoms with van der Waals surface area (Å²) < 4.78 is 0. The van der Waals surface area contributed by atoms with Gasteiger partial charge in [0.15, 0.2) is 0 Å². The van der Waals surface area contributed by atoms with Crippen molar-refractivity contribution in [2.75, 3.05) is 0 Å². The highest BCUT2D eigenvalue weighted by molar-refractivity contribution is 7.43. The van der Waals surface area contributed by atoms with Gasteiger partial charge in [0, 0.05) is 5.02 Å². The van der Waals surface area contributed by atoms with Crippen molar-refractivity contribution < 1.29 is 0 Å². The van der Waals surface area contributed by atoms with Crippen LogP contribution in [0.5, 0.6) is 0 Å². The fourth-order valence-corrected chi connectivity index (χ4v) is 1.91. The molecule has 0 saturated heterocycles. The lowest BCUT2D eigenvalue weighted by Gasteiger charge is -2.21. The van der Waals surface area contributed by atoms with Gasteiger partial charge in [0.25, 0.3) is 0 Å². The van der Waals surface area contributed by atoms with Crippen molar-refractivity contribution in [3.8, 4) is 0 Å². The van der Waals surface area contributed by atoms with E-state index in [2.05, 4.69) is 18.5 Å². The van der Waals surface area contributed by atoms with E-state index in [0.717, 1.165) is 11.1 Å². The van der Waals surface area contributed by atoms with Gasteiger partial charge in [-0.15, -0.1) is 18.5 Å². The van der Waals surface area contributed by atoms with E-state index >= 15 is 0 Å². The van der Waals surface area contributed by atoms with Crippen LogP contribution in [-0.2, 0) is 4.80 Å². The Labute approximate surface area is 84.3 Å². The van der Waals surface area contributed by atoms with Crippen molar-refractivity contribution in [1.82, 2.24) is 0 Å². The average molecular weight is 214 g/mol. The van der Waals surface area contributed by atoms with Crippen LogP contribution in [-0.4, -0.2) is 7.85 Å². The summed E-state index contributed by atoms with van der Waals surface area (Å²) in [5.74, 6) is 0. The minimum Gasteiger partial charge on any atom is -0.132 e. The van der Waals surface area contributed by atoms with Gasteiger partial charge in [-0.05, 0) is 23.4 Å². The van der Waals surface area contributed by atoms with Gasteiger partial charge in [-0.25, -0.2) is 0 Å². The Hall–Kier alpha value is 0.435. The molecule has 12 heavy (non-hydrogen) atoms. The van der Waals surface area contributed by atoms with Gasteiger partial charge in [-0.1, -0.05) is 29.3 Å².